The minimum absolute atomic E-state index is 0.0638. The summed E-state index contributed by atoms with van der Waals surface area (Å²) >= 11 is 0. The van der Waals surface area contributed by atoms with Crippen LogP contribution < -0.4 is 5.73 Å². The molecule has 0 aromatic carbocycles. The van der Waals surface area contributed by atoms with Gasteiger partial charge in [-0.25, -0.2) is 4.98 Å². The fraction of sp³-hybridized carbons (Fsp3) is 0.500. The van der Waals surface area contributed by atoms with Crippen molar-refractivity contribution in [2.45, 2.75) is 13.0 Å². The molecule has 4 N–H and O–H groups in total. The summed E-state index contributed by atoms with van der Waals surface area (Å²) in [6.45, 7) is 1.81. The lowest BCUT2D eigenvalue weighted by molar-refractivity contribution is 0.265. The number of aromatic amines is 1. The second-order valence-electron chi connectivity index (χ2n) is 2.20. The largest absolute Gasteiger partial charge is 0.394 e. The van der Waals surface area contributed by atoms with Gasteiger partial charge >= 0.3 is 0 Å². The Morgan fingerprint density at radius 1 is 1.90 bits per heavy atom. The highest BCUT2D eigenvalue weighted by Gasteiger charge is 2.08. The Kier molecular flexibility index (Phi) is 2.03. The lowest BCUT2D eigenvalue weighted by atomic mass is 10.2. The second-order valence-corrected chi connectivity index (χ2v) is 2.20. The molecule has 0 fully saturated rings. The third-order valence-corrected chi connectivity index (χ3v) is 1.42. The highest BCUT2D eigenvalue weighted by molar-refractivity contribution is 5.12. The van der Waals surface area contributed by atoms with Gasteiger partial charge in [-0.05, 0) is 6.92 Å². The Bertz CT molecular complexity index is 209. The van der Waals surface area contributed by atoms with Gasteiger partial charge in [-0.15, -0.1) is 0 Å². The molecule has 0 aliphatic rings. The first-order valence-electron chi connectivity index (χ1n) is 3.12. The van der Waals surface area contributed by atoms with Gasteiger partial charge in [-0.3, -0.25) is 0 Å². The Hall–Kier alpha value is -0.870. The van der Waals surface area contributed by atoms with E-state index in [1.807, 2.05) is 6.92 Å². The normalized spacial score (nSPS) is 13.5. The lowest BCUT2D eigenvalue weighted by Gasteiger charge is -2.03. The highest BCUT2D eigenvalue weighted by atomic mass is 16.3. The molecule has 0 saturated carbocycles. The molecule has 1 rings (SSSR count). The maximum Gasteiger partial charge on any atom is 0.0925 e. The summed E-state index contributed by atoms with van der Waals surface area (Å²) in [5, 5.41) is 8.65. The van der Waals surface area contributed by atoms with Crippen LogP contribution in [0, 0.1) is 6.92 Å². The number of hydrogen-bond donors (Lipinski definition) is 3. The molecular weight excluding hydrogens is 130 g/mol. The number of nitrogens with two attached hydrogens (primary N) is 1. The number of aryl methyl sites for hydroxylation is 1. The van der Waals surface area contributed by atoms with E-state index in [1.165, 1.54) is 0 Å². The van der Waals surface area contributed by atoms with Crippen molar-refractivity contribution in [1.82, 2.24) is 9.97 Å². The quantitative estimate of drug-likeness (QED) is 0.529. The van der Waals surface area contributed by atoms with E-state index in [-0.39, 0.29) is 12.6 Å². The van der Waals surface area contributed by atoms with Crippen LogP contribution in [0.25, 0.3) is 0 Å². The Morgan fingerprint density at radius 2 is 2.60 bits per heavy atom. The van der Waals surface area contributed by atoms with Gasteiger partial charge in [0.15, 0.2) is 0 Å². The zero-order valence-electron chi connectivity index (χ0n) is 5.83. The van der Waals surface area contributed by atoms with Gasteiger partial charge in [-0.2, -0.15) is 0 Å². The van der Waals surface area contributed by atoms with E-state index >= 15 is 0 Å². The molecule has 0 bridgehead atoms. The van der Waals surface area contributed by atoms with Crippen LogP contribution in [0.15, 0.2) is 6.33 Å². The van der Waals surface area contributed by atoms with E-state index in [0.717, 1.165) is 11.4 Å². The van der Waals surface area contributed by atoms with Crippen LogP contribution in [0.3, 0.4) is 0 Å². The van der Waals surface area contributed by atoms with E-state index in [4.69, 9.17) is 10.8 Å². The summed E-state index contributed by atoms with van der Waals surface area (Å²) < 4.78 is 0. The van der Waals surface area contributed by atoms with Gasteiger partial charge < -0.3 is 15.8 Å². The molecule has 1 unspecified atom stereocenters. The first-order valence-corrected chi connectivity index (χ1v) is 3.12. The van der Waals surface area contributed by atoms with Crippen LogP contribution in [0.2, 0.25) is 0 Å². The zero-order chi connectivity index (χ0) is 7.56. The molecule has 0 aliphatic heterocycles. The number of nitrogens with one attached hydrogen (secondary N) is 1. The van der Waals surface area contributed by atoms with Crippen LogP contribution in [-0.2, 0) is 0 Å². The topological polar surface area (TPSA) is 74.9 Å². The van der Waals surface area contributed by atoms with Gasteiger partial charge in [0, 0.05) is 5.69 Å². The second kappa shape index (κ2) is 2.81. The van der Waals surface area contributed by atoms with Crippen LogP contribution in [0.1, 0.15) is 17.4 Å². The van der Waals surface area contributed by atoms with Crippen molar-refractivity contribution in [3.63, 3.8) is 0 Å². The van der Waals surface area contributed by atoms with Crippen molar-refractivity contribution in [1.29, 1.82) is 0 Å². The van der Waals surface area contributed by atoms with Crippen molar-refractivity contribution in [3.8, 4) is 0 Å². The van der Waals surface area contributed by atoms with Gasteiger partial charge in [0.2, 0.25) is 0 Å². The summed E-state index contributed by atoms with van der Waals surface area (Å²) in [6, 6.07) is -0.355. The van der Waals surface area contributed by atoms with E-state index in [1.54, 1.807) is 6.33 Å². The molecule has 1 heterocycles. The fourth-order valence-corrected chi connectivity index (χ4v) is 0.830. The third-order valence-electron chi connectivity index (χ3n) is 1.42. The minimum Gasteiger partial charge on any atom is -0.394 e. The number of rotatable bonds is 2. The molecule has 1 atom stereocenters. The Morgan fingerprint density at radius 3 is 3.00 bits per heavy atom. The summed E-state index contributed by atoms with van der Waals surface area (Å²) in [6.07, 6.45) is 1.57. The number of H-pyrrole nitrogens is 1. The molecule has 56 valence electrons. The summed E-state index contributed by atoms with van der Waals surface area (Å²) in [4.78, 5) is 6.83. The summed E-state index contributed by atoms with van der Waals surface area (Å²) in [5.74, 6) is 0. The van der Waals surface area contributed by atoms with E-state index in [9.17, 15) is 0 Å². The maximum absolute atomic E-state index is 8.65. The molecule has 0 aliphatic carbocycles. The number of aliphatic hydroxyl groups excluding tert-OH is 1. The van der Waals surface area contributed by atoms with Gasteiger partial charge in [0.1, 0.15) is 0 Å². The standard InChI is InChI=1S/C6H11N3O/c1-4-6(5(7)2-10)9-3-8-4/h3,5,10H,2,7H2,1H3,(H,8,9). The summed E-state index contributed by atoms with van der Waals surface area (Å²) in [7, 11) is 0. The average Bonchev–Trinajstić information content (AvgIpc) is 2.34. The van der Waals surface area contributed by atoms with E-state index in [0.29, 0.717) is 0 Å². The fourth-order valence-electron chi connectivity index (χ4n) is 0.830. The first-order chi connectivity index (χ1) is 4.75. The van der Waals surface area contributed by atoms with Gasteiger partial charge in [0.05, 0.1) is 24.7 Å². The number of hydrogen-bond acceptors (Lipinski definition) is 3. The van der Waals surface area contributed by atoms with Crippen molar-refractivity contribution in [3.05, 3.63) is 17.7 Å². The van der Waals surface area contributed by atoms with Crippen molar-refractivity contribution in [2.75, 3.05) is 6.61 Å². The Balaban J connectivity index is 2.82. The zero-order valence-corrected chi connectivity index (χ0v) is 5.83. The number of aliphatic hydroxyl groups is 1. The van der Waals surface area contributed by atoms with Gasteiger partial charge in [-0.1, -0.05) is 0 Å². The monoisotopic (exact) mass is 141 g/mol. The van der Waals surface area contributed by atoms with Crippen LogP contribution in [-0.4, -0.2) is 21.7 Å². The Labute approximate surface area is 59.1 Å². The number of aromatic nitrogens is 2. The molecule has 0 saturated heterocycles. The molecule has 1 aromatic rings. The van der Waals surface area contributed by atoms with Crippen molar-refractivity contribution in [2.24, 2.45) is 5.73 Å². The van der Waals surface area contributed by atoms with Crippen molar-refractivity contribution < 1.29 is 5.11 Å². The average molecular weight is 141 g/mol. The number of nitrogens with zero attached hydrogens (tertiary/aromatic N) is 1. The number of imidazole rings is 1. The molecule has 4 nitrogen and oxygen atoms in total. The predicted octanol–water partition coefficient (Wildman–Crippen LogP) is -0.290. The van der Waals surface area contributed by atoms with Crippen molar-refractivity contribution >= 4 is 0 Å². The van der Waals surface area contributed by atoms with Gasteiger partial charge in [0.25, 0.3) is 0 Å². The molecule has 0 radical (unpaired) electrons. The highest BCUT2D eigenvalue weighted by Crippen LogP contribution is 2.08. The summed E-state index contributed by atoms with van der Waals surface area (Å²) in [5.41, 5.74) is 7.16. The SMILES string of the molecule is Cc1[nH]cnc1C(N)CO. The minimum atomic E-state index is -0.355. The predicted molar refractivity (Wildman–Crippen MR) is 37.3 cm³/mol. The maximum atomic E-state index is 8.65. The molecular formula is C6H11N3O. The third kappa shape index (κ3) is 1.17. The molecule has 0 spiro atoms. The van der Waals surface area contributed by atoms with Crippen LogP contribution in [0.4, 0.5) is 0 Å². The molecule has 0 amide bonds. The molecule has 1 aromatic heterocycles. The first kappa shape index (κ1) is 7.24. The smallest absolute Gasteiger partial charge is 0.0925 e. The van der Waals surface area contributed by atoms with Crippen LogP contribution >= 0.6 is 0 Å². The molecule has 10 heavy (non-hydrogen) atoms. The molecule has 4 heteroatoms. The van der Waals surface area contributed by atoms with E-state index < -0.39 is 0 Å². The van der Waals surface area contributed by atoms with E-state index in [2.05, 4.69) is 9.97 Å². The lowest BCUT2D eigenvalue weighted by Crippen LogP contribution is -2.15. The van der Waals surface area contributed by atoms with Crippen LogP contribution in [0.5, 0.6) is 0 Å².